The molecule has 3 rings (SSSR count). The predicted octanol–water partition coefficient (Wildman–Crippen LogP) is 3.53. The minimum absolute atomic E-state index is 0.158. The van der Waals surface area contributed by atoms with Crippen LogP contribution in [0.2, 0.25) is 0 Å². The third-order valence-electron chi connectivity index (χ3n) is 3.80. The number of ether oxygens (including phenoxy) is 2. The second kappa shape index (κ2) is 7.69. The van der Waals surface area contributed by atoms with Gasteiger partial charge in [0.1, 0.15) is 29.7 Å². The first kappa shape index (κ1) is 17.5. The summed E-state index contributed by atoms with van der Waals surface area (Å²) in [5, 5.41) is 6.58. The second-order valence-electron chi connectivity index (χ2n) is 5.70. The Kier molecular flexibility index (Phi) is 5.17. The quantitative estimate of drug-likeness (QED) is 0.729. The Morgan fingerprint density at radius 3 is 2.58 bits per heavy atom. The fourth-order valence-corrected chi connectivity index (χ4v) is 2.35. The Morgan fingerprint density at radius 2 is 1.88 bits per heavy atom. The minimum Gasteiger partial charge on any atom is -0.497 e. The van der Waals surface area contributed by atoms with E-state index in [1.165, 1.54) is 0 Å². The van der Waals surface area contributed by atoms with Crippen molar-refractivity contribution < 1.29 is 18.8 Å². The zero-order valence-electron chi connectivity index (χ0n) is 14.8. The Morgan fingerprint density at radius 1 is 1.15 bits per heavy atom. The molecule has 0 aliphatic rings. The van der Waals surface area contributed by atoms with E-state index in [9.17, 15) is 4.79 Å². The lowest BCUT2D eigenvalue weighted by Crippen LogP contribution is -2.16. The molecule has 0 unspecified atom stereocenters. The summed E-state index contributed by atoms with van der Waals surface area (Å²) in [7, 11) is 1.60. The highest BCUT2D eigenvalue weighted by Crippen LogP contribution is 2.21. The first-order valence-corrected chi connectivity index (χ1v) is 8.03. The van der Waals surface area contributed by atoms with Gasteiger partial charge in [0.15, 0.2) is 5.69 Å². The number of carbonyl (C=O) groups is 1. The number of rotatable bonds is 6. The molecule has 7 nitrogen and oxygen atoms in total. The van der Waals surface area contributed by atoms with Gasteiger partial charge in [-0.3, -0.25) is 4.79 Å². The number of amides is 1. The van der Waals surface area contributed by atoms with Gasteiger partial charge in [0, 0.05) is 6.20 Å². The number of carbonyl (C=O) groups excluding carboxylic acids is 1. The smallest absolute Gasteiger partial charge is 0.279 e. The van der Waals surface area contributed by atoms with Crippen molar-refractivity contribution in [1.29, 1.82) is 0 Å². The molecule has 0 aliphatic carbocycles. The standard InChI is InChI=1S/C19H19N3O4/c1-12-8-9-20-17(10-12)21-19(23)18-16(13(2)26-22-18)11-25-15-6-4-14(24-3)5-7-15/h4-10H,11H2,1-3H3,(H,20,21,23). The third kappa shape index (κ3) is 4.00. The summed E-state index contributed by atoms with van der Waals surface area (Å²) in [6, 6.07) is 10.8. The fourth-order valence-electron chi connectivity index (χ4n) is 2.35. The molecule has 0 spiro atoms. The Balaban J connectivity index is 1.72. The molecule has 0 saturated carbocycles. The maximum Gasteiger partial charge on any atom is 0.279 e. The molecule has 1 N–H and O–H groups in total. The molecule has 2 aromatic heterocycles. The third-order valence-corrected chi connectivity index (χ3v) is 3.80. The van der Waals surface area contributed by atoms with Gasteiger partial charge in [0.25, 0.3) is 5.91 Å². The molecule has 0 aliphatic heterocycles. The van der Waals surface area contributed by atoms with Crippen molar-refractivity contribution in [2.45, 2.75) is 20.5 Å². The molecular formula is C19H19N3O4. The van der Waals surface area contributed by atoms with Gasteiger partial charge in [-0.05, 0) is 55.8 Å². The number of nitrogens with one attached hydrogen (secondary N) is 1. The zero-order chi connectivity index (χ0) is 18.5. The van der Waals surface area contributed by atoms with Crippen LogP contribution in [-0.2, 0) is 6.61 Å². The Bertz CT molecular complexity index is 903. The van der Waals surface area contributed by atoms with E-state index in [0.29, 0.717) is 22.9 Å². The lowest BCUT2D eigenvalue weighted by molar-refractivity contribution is 0.101. The molecule has 0 fully saturated rings. The van der Waals surface area contributed by atoms with E-state index in [1.807, 2.05) is 13.0 Å². The molecule has 0 saturated heterocycles. The molecule has 0 radical (unpaired) electrons. The van der Waals surface area contributed by atoms with Crippen LogP contribution >= 0.6 is 0 Å². The number of hydrogen-bond donors (Lipinski definition) is 1. The molecule has 26 heavy (non-hydrogen) atoms. The van der Waals surface area contributed by atoms with Crippen LogP contribution in [0.3, 0.4) is 0 Å². The van der Waals surface area contributed by atoms with Crippen molar-refractivity contribution in [2.75, 3.05) is 12.4 Å². The van der Waals surface area contributed by atoms with Gasteiger partial charge in [-0.25, -0.2) is 4.98 Å². The average Bonchev–Trinajstić information content (AvgIpc) is 3.01. The van der Waals surface area contributed by atoms with Gasteiger partial charge < -0.3 is 19.3 Å². The topological polar surface area (TPSA) is 86.5 Å². The molecule has 1 amide bonds. The number of anilines is 1. The lowest BCUT2D eigenvalue weighted by atomic mass is 10.2. The Hall–Kier alpha value is -3.35. The number of hydrogen-bond acceptors (Lipinski definition) is 6. The molecule has 3 aromatic rings. The highest BCUT2D eigenvalue weighted by Gasteiger charge is 2.21. The number of benzene rings is 1. The highest BCUT2D eigenvalue weighted by molar-refractivity contribution is 6.03. The van der Waals surface area contributed by atoms with Gasteiger partial charge >= 0.3 is 0 Å². The van der Waals surface area contributed by atoms with Crippen LogP contribution in [0.5, 0.6) is 11.5 Å². The van der Waals surface area contributed by atoms with E-state index in [-0.39, 0.29) is 12.3 Å². The van der Waals surface area contributed by atoms with Crippen LogP contribution in [-0.4, -0.2) is 23.2 Å². The van der Waals surface area contributed by atoms with E-state index < -0.39 is 5.91 Å². The van der Waals surface area contributed by atoms with Crippen LogP contribution in [0.4, 0.5) is 5.82 Å². The SMILES string of the molecule is COc1ccc(OCc2c(C(=O)Nc3cc(C)ccn3)noc2C)cc1. The summed E-state index contributed by atoms with van der Waals surface area (Å²) in [6.07, 6.45) is 1.63. The number of aromatic nitrogens is 2. The van der Waals surface area contributed by atoms with Crippen molar-refractivity contribution in [1.82, 2.24) is 10.1 Å². The van der Waals surface area contributed by atoms with Crippen molar-refractivity contribution in [3.05, 3.63) is 65.2 Å². The molecule has 2 heterocycles. The highest BCUT2D eigenvalue weighted by atomic mass is 16.5. The molecule has 7 heteroatoms. The Labute approximate surface area is 150 Å². The van der Waals surface area contributed by atoms with Crippen molar-refractivity contribution >= 4 is 11.7 Å². The van der Waals surface area contributed by atoms with Crippen LogP contribution in [0, 0.1) is 13.8 Å². The van der Waals surface area contributed by atoms with E-state index in [1.54, 1.807) is 50.6 Å². The van der Waals surface area contributed by atoms with Gasteiger partial charge in [0.05, 0.1) is 12.7 Å². The summed E-state index contributed by atoms with van der Waals surface area (Å²) in [5.74, 6) is 1.98. The maximum absolute atomic E-state index is 12.5. The largest absolute Gasteiger partial charge is 0.497 e. The first-order chi connectivity index (χ1) is 12.6. The van der Waals surface area contributed by atoms with Crippen LogP contribution in [0.25, 0.3) is 0 Å². The van der Waals surface area contributed by atoms with Gasteiger partial charge in [-0.15, -0.1) is 0 Å². The molecule has 0 atom stereocenters. The number of methoxy groups -OCH3 is 1. The van der Waals surface area contributed by atoms with Crippen LogP contribution in [0.15, 0.2) is 47.1 Å². The van der Waals surface area contributed by atoms with E-state index in [2.05, 4.69) is 15.5 Å². The number of nitrogens with zero attached hydrogens (tertiary/aromatic N) is 2. The molecule has 134 valence electrons. The molecular weight excluding hydrogens is 334 g/mol. The minimum atomic E-state index is -0.395. The van der Waals surface area contributed by atoms with E-state index in [0.717, 1.165) is 11.3 Å². The number of aryl methyl sites for hydroxylation is 2. The van der Waals surface area contributed by atoms with E-state index >= 15 is 0 Å². The van der Waals surface area contributed by atoms with Crippen LogP contribution < -0.4 is 14.8 Å². The van der Waals surface area contributed by atoms with Crippen molar-refractivity contribution in [2.24, 2.45) is 0 Å². The first-order valence-electron chi connectivity index (χ1n) is 8.03. The molecule has 1 aromatic carbocycles. The van der Waals surface area contributed by atoms with Crippen molar-refractivity contribution in [3.8, 4) is 11.5 Å². The van der Waals surface area contributed by atoms with Crippen molar-refractivity contribution in [3.63, 3.8) is 0 Å². The summed E-state index contributed by atoms with van der Waals surface area (Å²) in [5.41, 5.74) is 1.76. The van der Waals surface area contributed by atoms with Gasteiger partial charge in [-0.1, -0.05) is 5.16 Å². The second-order valence-corrected chi connectivity index (χ2v) is 5.70. The predicted molar refractivity (Wildman–Crippen MR) is 95.5 cm³/mol. The average molecular weight is 353 g/mol. The summed E-state index contributed by atoms with van der Waals surface area (Å²) < 4.78 is 16.0. The number of pyridine rings is 1. The normalized spacial score (nSPS) is 10.4. The summed E-state index contributed by atoms with van der Waals surface area (Å²) in [6.45, 7) is 3.82. The molecule has 0 bridgehead atoms. The monoisotopic (exact) mass is 353 g/mol. The fraction of sp³-hybridized carbons (Fsp3) is 0.211. The van der Waals surface area contributed by atoms with Gasteiger partial charge in [0.2, 0.25) is 0 Å². The van der Waals surface area contributed by atoms with Crippen LogP contribution in [0.1, 0.15) is 27.4 Å². The zero-order valence-corrected chi connectivity index (χ0v) is 14.8. The summed E-state index contributed by atoms with van der Waals surface area (Å²) in [4.78, 5) is 16.6. The van der Waals surface area contributed by atoms with Gasteiger partial charge in [-0.2, -0.15) is 0 Å². The maximum atomic E-state index is 12.5. The summed E-state index contributed by atoms with van der Waals surface area (Å²) >= 11 is 0. The van der Waals surface area contributed by atoms with E-state index in [4.69, 9.17) is 14.0 Å². The lowest BCUT2D eigenvalue weighted by Gasteiger charge is -2.08.